The van der Waals surface area contributed by atoms with E-state index in [1.165, 1.54) is 5.56 Å². The summed E-state index contributed by atoms with van der Waals surface area (Å²) in [5, 5.41) is 0. The second-order valence-corrected chi connectivity index (χ2v) is 7.69. The van der Waals surface area contributed by atoms with Crippen LogP contribution in [0.2, 0.25) is 0 Å². The summed E-state index contributed by atoms with van der Waals surface area (Å²) in [6, 6.07) is 16.2. The molecular weight excluding hydrogens is 380 g/mol. The van der Waals surface area contributed by atoms with Gasteiger partial charge in [-0.1, -0.05) is 42.5 Å². The molecule has 2 aromatic rings. The number of rotatable bonds is 7. The molecule has 1 aliphatic heterocycles. The molecule has 7 nitrogen and oxygen atoms in total. The maximum absolute atomic E-state index is 12.1. The molecule has 0 radical (unpaired) electrons. The second-order valence-electron chi connectivity index (χ2n) is 7.69. The quantitative estimate of drug-likeness (QED) is 0.679. The third-order valence-corrected chi connectivity index (χ3v) is 5.12. The van der Waals surface area contributed by atoms with E-state index in [-0.39, 0.29) is 19.1 Å². The van der Waals surface area contributed by atoms with Gasteiger partial charge in [-0.2, -0.15) is 0 Å². The molecule has 0 unspecified atom stereocenters. The molecule has 160 valence electrons. The smallest absolute Gasteiger partial charge is 0.276 e. The van der Waals surface area contributed by atoms with Crippen LogP contribution in [0, 0.1) is 13.8 Å². The van der Waals surface area contributed by atoms with Crippen LogP contribution >= 0.6 is 0 Å². The number of hydrazine groups is 1. The lowest BCUT2D eigenvalue weighted by Gasteiger charge is -2.34. The monoisotopic (exact) mass is 410 g/mol. The number of benzene rings is 2. The van der Waals surface area contributed by atoms with Gasteiger partial charge in [0.2, 0.25) is 0 Å². The van der Waals surface area contributed by atoms with Crippen LogP contribution in [0.25, 0.3) is 0 Å². The van der Waals surface area contributed by atoms with Crippen molar-refractivity contribution in [2.24, 2.45) is 0 Å². The fourth-order valence-corrected chi connectivity index (χ4v) is 3.37. The van der Waals surface area contributed by atoms with Crippen molar-refractivity contribution in [2.75, 3.05) is 39.3 Å². The molecule has 7 heteroatoms. The highest BCUT2D eigenvalue weighted by Gasteiger charge is 2.19. The number of hydrogen-bond acceptors (Lipinski definition) is 5. The molecule has 1 fully saturated rings. The van der Waals surface area contributed by atoms with Crippen molar-refractivity contribution in [3.8, 4) is 5.75 Å². The topological polar surface area (TPSA) is 73.9 Å². The number of nitrogens with zero attached hydrogens (tertiary/aromatic N) is 2. The Hall–Kier alpha value is -2.90. The number of aryl methyl sites for hydroxylation is 2. The summed E-state index contributed by atoms with van der Waals surface area (Å²) in [6.07, 6.45) is 0. The summed E-state index contributed by atoms with van der Waals surface area (Å²) in [6.45, 7) is 8.41. The molecule has 0 bridgehead atoms. The fourth-order valence-electron chi connectivity index (χ4n) is 3.37. The molecular formula is C23H30N4O3. The molecule has 1 heterocycles. The molecule has 1 aliphatic rings. The number of hydrogen-bond donors (Lipinski definition) is 2. The lowest BCUT2D eigenvalue weighted by molar-refractivity contribution is -0.130. The molecule has 0 atom stereocenters. The van der Waals surface area contributed by atoms with Gasteiger partial charge in [-0.25, -0.2) is 0 Å². The van der Waals surface area contributed by atoms with Crippen molar-refractivity contribution in [3.63, 3.8) is 0 Å². The van der Waals surface area contributed by atoms with E-state index in [4.69, 9.17) is 4.74 Å². The molecule has 0 saturated carbocycles. The van der Waals surface area contributed by atoms with Crippen molar-refractivity contribution in [2.45, 2.75) is 20.4 Å². The van der Waals surface area contributed by atoms with Gasteiger partial charge in [0, 0.05) is 32.7 Å². The van der Waals surface area contributed by atoms with Gasteiger partial charge >= 0.3 is 0 Å². The Morgan fingerprint density at radius 2 is 1.57 bits per heavy atom. The van der Waals surface area contributed by atoms with Crippen LogP contribution in [0.15, 0.2) is 48.5 Å². The highest BCUT2D eigenvalue weighted by atomic mass is 16.5. The minimum Gasteiger partial charge on any atom is -0.483 e. The molecule has 0 aromatic heterocycles. The molecule has 0 aliphatic carbocycles. The van der Waals surface area contributed by atoms with E-state index in [0.29, 0.717) is 5.75 Å². The Bertz CT molecular complexity index is 849. The minimum atomic E-state index is -0.392. The first-order chi connectivity index (χ1) is 14.5. The predicted molar refractivity (Wildman–Crippen MR) is 116 cm³/mol. The number of carbonyl (C=O) groups excluding carboxylic acids is 2. The van der Waals surface area contributed by atoms with Crippen molar-refractivity contribution in [1.82, 2.24) is 20.7 Å². The van der Waals surface area contributed by atoms with Crippen LogP contribution in [0.5, 0.6) is 5.75 Å². The molecule has 3 rings (SSSR count). The van der Waals surface area contributed by atoms with E-state index in [1.807, 2.05) is 38.1 Å². The molecule has 2 amide bonds. The zero-order valence-corrected chi connectivity index (χ0v) is 17.7. The Morgan fingerprint density at radius 3 is 2.30 bits per heavy atom. The van der Waals surface area contributed by atoms with Crippen LogP contribution in [0.1, 0.15) is 16.7 Å². The first-order valence-electron chi connectivity index (χ1n) is 10.3. The summed E-state index contributed by atoms with van der Waals surface area (Å²) < 4.78 is 5.54. The predicted octanol–water partition coefficient (Wildman–Crippen LogP) is 1.65. The normalized spacial score (nSPS) is 14.9. The number of piperazine rings is 1. The van der Waals surface area contributed by atoms with Gasteiger partial charge in [-0.05, 0) is 36.6 Å². The highest BCUT2D eigenvalue weighted by molar-refractivity contribution is 5.83. The third-order valence-electron chi connectivity index (χ3n) is 5.12. The lowest BCUT2D eigenvalue weighted by atomic mass is 10.1. The largest absolute Gasteiger partial charge is 0.483 e. The zero-order chi connectivity index (χ0) is 21.3. The van der Waals surface area contributed by atoms with Crippen LogP contribution < -0.4 is 15.6 Å². The van der Waals surface area contributed by atoms with E-state index in [2.05, 4.69) is 44.9 Å². The first kappa shape index (κ1) is 21.8. The van der Waals surface area contributed by atoms with Gasteiger partial charge in [-0.3, -0.25) is 30.2 Å². The lowest BCUT2D eigenvalue weighted by Crippen LogP contribution is -2.52. The van der Waals surface area contributed by atoms with E-state index in [0.717, 1.165) is 43.9 Å². The first-order valence-corrected chi connectivity index (χ1v) is 10.3. The van der Waals surface area contributed by atoms with E-state index < -0.39 is 5.91 Å². The maximum Gasteiger partial charge on any atom is 0.276 e. The van der Waals surface area contributed by atoms with Crippen molar-refractivity contribution in [3.05, 3.63) is 65.2 Å². The minimum absolute atomic E-state index is 0.150. The molecule has 2 aromatic carbocycles. The van der Waals surface area contributed by atoms with E-state index >= 15 is 0 Å². The van der Waals surface area contributed by atoms with Crippen LogP contribution in [-0.2, 0) is 16.1 Å². The second kappa shape index (κ2) is 10.8. The highest BCUT2D eigenvalue weighted by Crippen LogP contribution is 2.18. The summed E-state index contributed by atoms with van der Waals surface area (Å²) in [7, 11) is 0. The Kier molecular flexibility index (Phi) is 7.82. The molecule has 0 spiro atoms. The van der Waals surface area contributed by atoms with Crippen molar-refractivity contribution < 1.29 is 14.3 Å². The zero-order valence-electron chi connectivity index (χ0n) is 17.7. The molecule has 30 heavy (non-hydrogen) atoms. The van der Waals surface area contributed by atoms with Crippen LogP contribution in [-0.4, -0.2) is 60.9 Å². The SMILES string of the molecule is Cc1ccc(C)c(OCC(=O)NNC(=O)CN2CCN(Cc3ccccc3)CC2)c1. The van der Waals surface area contributed by atoms with Gasteiger partial charge < -0.3 is 4.74 Å². The summed E-state index contributed by atoms with van der Waals surface area (Å²) in [5.74, 6) is 0.0494. The van der Waals surface area contributed by atoms with Gasteiger partial charge in [0.15, 0.2) is 6.61 Å². The summed E-state index contributed by atoms with van der Waals surface area (Å²) >= 11 is 0. The van der Waals surface area contributed by atoms with Gasteiger partial charge in [0.25, 0.3) is 11.8 Å². The average Bonchev–Trinajstić information content (AvgIpc) is 2.75. The summed E-state index contributed by atoms with van der Waals surface area (Å²) in [4.78, 5) is 28.6. The van der Waals surface area contributed by atoms with Crippen molar-refractivity contribution >= 4 is 11.8 Å². The fraction of sp³-hybridized carbons (Fsp3) is 0.391. The van der Waals surface area contributed by atoms with Crippen molar-refractivity contribution in [1.29, 1.82) is 0 Å². The Labute approximate surface area is 178 Å². The standard InChI is InChI=1S/C23H30N4O3/c1-18-8-9-19(2)21(14-18)30-17-23(29)25-24-22(28)16-27-12-10-26(11-13-27)15-20-6-4-3-5-7-20/h3-9,14H,10-13,15-17H2,1-2H3,(H,24,28)(H,25,29). The van der Waals surface area contributed by atoms with E-state index in [1.54, 1.807) is 0 Å². The van der Waals surface area contributed by atoms with Crippen LogP contribution in [0.4, 0.5) is 0 Å². The Balaban J connectivity index is 1.32. The number of amides is 2. The third kappa shape index (κ3) is 6.86. The number of nitrogens with one attached hydrogen (secondary N) is 2. The maximum atomic E-state index is 12.1. The molecule has 1 saturated heterocycles. The van der Waals surface area contributed by atoms with Gasteiger partial charge in [0.1, 0.15) is 5.75 Å². The number of carbonyl (C=O) groups is 2. The van der Waals surface area contributed by atoms with Gasteiger partial charge in [0.05, 0.1) is 6.54 Å². The van der Waals surface area contributed by atoms with Gasteiger partial charge in [-0.15, -0.1) is 0 Å². The average molecular weight is 411 g/mol. The van der Waals surface area contributed by atoms with Crippen LogP contribution in [0.3, 0.4) is 0 Å². The number of ether oxygens (including phenoxy) is 1. The Morgan fingerprint density at radius 1 is 0.900 bits per heavy atom. The molecule has 2 N–H and O–H groups in total. The summed E-state index contributed by atoms with van der Waals surface area (Å²) in [5.41, 5.74) is 8.21. The van der Waals surface area contributed by atoms with E-state index in [9.17, 15) is 9.59 Å².